The van der Waals surface area contributed by atoms with Crippen molar-refractivity contribution in [1.82, 2.24) is 25.3 Å². The minimum absolute atomic E-state index is 0.193. The van der Waals surface area contributed by atoms with E-state index in [2.05, 4.69) is 20.4 Å². The Labute approximate surface area is 150 Å². The molecule has 26 heavy (non-hydrogen) atoms. The van der Waals surface area contributed by atoms with Crippen LogP contribution in [-0.2, 0) is 16.0 Å². The zero-order valence-corrected chi connectivity index (χ0v) is 14.6. The van der Waals surface area contributed by atoms with Gasteiger partial charge in [0.1, 0.15) is 6.04 Å². The molecule has 0 unspecified atom stereocenters. The molecule has 3 heterocycles. The monoisotopic (exact) mass is 359 g/mol. The van der Waals surface area contributed by atoms with Crippen LogP contribution in [0.15, 0.2) is 29.0 Å². The smallest absolute Gasteiger partial charge is 0.410 e. The second-order valence-corrected chi connectivity index (χ2v) is 5.97. The molecule has 0 aliphatic carbocycles. The minimum Gasteiger partial charge on any atom is -0.453 e. The molecule has 9 heteroatoms. The first-order valence-electron chi connectivity index (χ1n) is 8.54. The molecule has 0 saturated carbocycles. The van der Waals surface area contributed by atoms with Crippen LogP contribution in [0.1, 0.15) is 25.2 Å². The molecule has 0 bridgehead atoms. The molecule has 0 aromatic carbocycles. The number of methoxy groups -OCH3 is 1. The summed E-state index contributed by atoms with van der Waals surface area (Å²) in [6.07, 6.45) is 5.67. The average molecular weight is 359 g/mol. The molecule has 138 valence electrons. The lowest BCUT2D eigenvalue weighted by Gasteiger charge is -2.33. The minimum atomic E-state index is -0.496. The Hall–Kier alpha value is -2.97. The van der Waals surface area contributed by atoms with Crippen LogP contribution in [0.4, 0.5) is 4.79 Å². The molecule has 1 aliphatic heterocycles. The highest BCUT2D eigenvalue weighted by molar-refractivity contribution is 5.85. The third-order valence-corrected chi connectivity index (χ3v) is 4.24. The predicted octanol–water partition coefficient (Wildman–Crippen LogP) is 1.41. The molecule has 1 atom stereocenters. The van der Waals surface area contributed by atoms with Gasteiger partial charge in [-0.25, -0.2) is 4.79 Å². The Bertz CT molecular complexity index is 749. The van der Waals surface area contributed by atoms with E-state index in [1.165, 1.54) is 12.0 Å². The number of piperidine rings is 1. The lowest BCUT2D eigenvalue weighted by atomic mass is 10.0. The molecule has 9 nitrogen and oxygen atoms in total. The third-order valence-electron chi connectivity index (χ3n) is 4.24. The predicted molar refractivity (Wildman–Crippen MR) is 91.0 cm³/mol. The number of amides is 2. The van der Waals surface area contributed by atoms with E-state index in [-0.39, 0.29) is 5.91 Å². The van der Waals surface area contributed by atoms with Crippen LogP contribution in [0, 0.1) is 0 Å². The average Bonchev–Trinajstić information content (AvgIpc) is 3.17. The van der Waals surface area contributed by atoms with Crippen molar-refractivity contribution in [3.05, 3.63) is 30.4 Å². The summed E-state index contributed by atoms with van der Waals surface area (Å²) in [6.45, 7) is 0.877. The summed E-state index contributed by atoms with van der Waals surface area (Å²) in [5, 5.41) is 6.74. The van der Waals surface area contributed by atoms with E-state index >= 15 is 0 Å². The van der Waals surface area contributed by atoms with Gasteiger partial charge >= 0.3 is 6.09 Å². The van der Waals surface area contributed by atoms with Gasteiger partial charge in [-0.2, -0.15) is 4.98 Å². The summed E-state index contributed by atoms with van der Waals surface area (Å²) in [5.74, 6) is 0.697. The van der Waals surface area contributed by atoms with Gasteiger partial charge in [-0.3, -0.25) is 14.7 Å². The standard InChI is InChI=1S/C17H21N5O4/c1-25-17(24)22-10-3-2-6-13(22)16(23)19-9-7-14-20-15(21-26-14)12-5-4-8-18-11-12/h4-5,8,11,13H,2-3,6-7,9-10H2,1H3,(H,19,23)/t13-/m1/s1. The molecule has 3 rings (SSSR count). The molecule has 0 spiro atoms. The number of hydrogen-bond donors (Lipinski definition) is 1. The van der Waals surface area contributed by atoms with Crippen LogP contribution in [0.3, 0.4) is 0 Å². The highest BCUT2D eigenvalue weighted by atomic mass is 16.5. The van der Waals surface area contributed by atoms with E-state index in [0.29, 0.717) is 37.6 Å². The van der Waals surface area contributed by atoms with Gasteiger partial charge < -0.3 is 14.6 Å². The van der Waals surface area contributed by atoms with E-state index in [0.717, 1.165) is 18.4 Å². The molecule has 2 aromatic rings. The first kappa shape index (κ1) is 17.8. The summed E-state index contributed by atoms with van der Waals surface area (Å²) in [4.78, 5) is 34.0. The number of hydrogen-bond acceptors (Lipinski definition) is 7. The fourth-order valence-electron chi connectivity index (χ4n) is 2.92. The number of nitrogens with one attached hydrogen (secondary N) is 1. The van der Waals surface area contributed by atoms with Crippen LogP contribution < -0.4 is 5.32 Å². The van der Waals surface area contributed by atoms with Crippen molar-refractivity contribution < 1.29 is 18.8 Å². The summed E-state index contributed by atoms with van der Waals surface area (Å²) in [7, 11) is 1.32. The molecular formula is C17H21N5O4. The van der Waals surface area contributed by atoms with Crippen molar-refractivity contribution in [2.45, 2.75) is 31.7 Å². The van der Waals surface area contributed by atoms with E-state index in [4.69, 9.17) is 9.26 Å². The number of nitrogens with zero attached hydrogens (tertiary/aromatic N) is 4. The van der Waals surface area contributed by atoms with Crippen molar-refractivity contribution in [3.63, 3.8) is 0 Å². The van der Waals surface area contributed by atoms with Crippen molar-refractivity contribution >= 4 is 12.0 Å². The Morgan fingerprint density at radius 1 is 1.42 bits per heavy atom. The van der Waals surface area contributed by atoms with E-state index < -0.39 is 12.1 Å². The summed E-state index contributed by atoms with van der Waals surface area (Å²) in [5.41, 5.74) is 0.766. The van der Waals surface area contributed by atoms with Gasteiger partial charge in [0.2, 0.25) is 17.6 Å². The molecule has 1 fully saturated rings. The topological polar surface area (TPSA) is 110 Å². The van der Waals surface area contributed by atoms with Crippen molar-refractivity contribution in [1.29, 1.82) is 0 Å². The number of likely N-dealkylation sites (tertiary alicyclic amines) is 1. The molecule has 1 aliphatic rings. The molecule has 2 amide bonds. The van der Waals surface area contributed by atoms with Crippen molar-refractivity contribution in [2.24, 2.45) is 0 Å². The molecule has 1 saturated heterocycles. The maximum Gasteiger partial charge on any atom is 0.410 e. The van der Waals surface area contributed by atoms with Crippen molar-refractivity contribution in [2.75, 3.05) is 20.2 Å². The van der Waals surface area contributed by atoms with Crippen molar-refractivity contribution in [3.8, 4) is 11.4 Å². The quantitative estimate of drug-likeness (QED) is 0.859. The maximum absolute atomic E-state index is 12.4. The van der Waals surface area contributed by atoms with E-state index in [1.54, 1.807) is 18.5 Å². The zero-order valence-electron chi connectivity index (χ0n) is 14.6. The van der Waals surface area contributed by atoms with E-state index in [1.807, 2.05) is 6.07 Å². The van der Waals surface area contributed by atoms with Gasteiger partial charge in [-0.15, -0.1) is 0 Å². The maximum atomic E-state index is 12.4. The number of rotatable bonds is 5. The number of carbonyl (C=O) groups is 2. The number of pyridine rings is 1. The van der Waals surface area contributed by atoms with Gasteiger partial charge in [-0.05, 0) is 31.4 Å². The summed E-state index contributed by atoms with van der Waals surface area (Å²) < 4.78 is 9.96. The molecule has 1 N–H and O–H groups in total. The zero-order chi connectivity index (χ0) is 18.4. The largest absolute Gasteiger partial charge is 0.453 e. The first-order valence-corrected chi connectivity index (χ1v) is 8.54. The van der Waals surface area contributed by atoms with Gasteiger partial charge in [-0.1, -0.05) is 5.16 Å². The van der Waals surface area contributed by atoms with Crippen LogP contribution in [0.2, 0.25) is 0 Å². The van der Waals surface area contributed by atoms with Crippen LogP contribution in [0.25, 0.3) is 11.4 Å². The normalized spacial score (nSPS) is 17.0. The van der Waals surface area contributed by atoms with Gasteiger partial charge in [0, 0.05) is 37.5 Å². The second kappa shape index (κ2) is 8.41. The third kappa shape index (κ3) is 4.16. The highest BCUT2D eigenvalue weighted by Gasteiger charge is 2.32. The fraction of sp³-hybridized carbons (Fsp3) is 0.471. The van der Waals surface area contributed by atoms with Crippen LogP contribution in [0.5, 0.6) is 0 Å². The molecule has 2 aromatic heterocycles. The Balaban J connectivity index is 1.52. The fourth-order valence-corrected chi connectivity index (χ4v) is 2.92. The number of carbonyl (C=O) groups excluding carboxylic acids is 2. The molecule has 0 radical (unpaired) electrons. The van der Waals surface area contributed by atoms with Gasteiger partial charge in [0.25, 0.3) is 0 Å². The SMILES string of the molecule is COC(=O)N1CCCC[C@@H]1C(=O)NCCc1nc(-c2cccnc2)no1. The van der Waals surface area contributed by atoms with Crippen LogP contribution >= 0.6 is 0 Å². The van der Waals surface area contributed by atoms with Gasteiger partial charge in [0.05, 0.1) is 7.11 Å². The summed E-state index contributed by atoms with van der Waals surface area (Å²) in [6, 6.07) is 3.14. The first-order chi connectivity index (χ1) is 12.7. The Kier molecular flexibility index (Phi) is 5.77. The Morgan fingerprint density at radius 2 is 2.31 bits per heavy atom. The molecular weight excluding hydrogens is 338 g/mol. The second-order valence-electron chi connectivity index (χ2n) is 5.97. The number of ether oxygens (including phenoxy) is 1. The van der Waals surface area contributed by atoms with E-state index in [9.17, 15) is 9.59 Å². The lowest BCUT2D eigenvalue weighted by Crippen LogP contribution is -2.52. The highest BCUT2D eigenvalue weighted by Crippen LogP contribution is 2.18. The van der Waals surface area contributed by atoms with Gasteiger partial charge in [0.15, 0.2) is 0 Å². The number of aromatic nitrogens is 3. The lowest BCUT2D eigenvalue weighted by molar-refractivity contribution is -0.126. The Morgan fingerprint density at radius 3 is 3.08 bits per heavy atom. The van der Waals surface area contributed by atoms with Crippen LogP contribution in [-0.4, -0.2) is 58.3 Å². The summed E-state index contributed by atoms with van der Waals surface area (Å²) >= 11 is 0.